The lowest BCUT2D eigenvalue weighted by molar-refractivity contribution is -0.134. The number of sulfonamides is 1. The van der Waals surface area contributed by atoms with Crippen molar-refractivity contribution in [3.8, 4) is 0 Å². The minimum Gasteiger partial charge on any atom is -0.356 e. The summed E-state index contributed by atoms with van der Waals surface area (Å²) in [5, 5.41) is 2.80. The lowest BCUT2D eigenvalue weighted by Gasteiger charge is -2.34. The highest BCUT2D eigenvalue weighted by molar-refractivity contribution is 7.89. The number of hydrogen-bond donors (Lipinski definition) is 1. The standard InChI is InChI=1S/C20H31N3O4S/c1-15(2)14-21-19(24)7-8-20(25)22-9-11-23(12-10-22)28(26,27)18-13-16(3)5-6-17(18)4/h5-6,13,15H,7-12,14H2,1-4H3,(H,21,24). The van der Waals surface area contributed by atoms with Crippen molar-refractivity contribution in [2.24, 2.45) is 5.92 Å². The second kappa shape index (κ2) is 9.52. The van der Waals surface area contributed by atoms with E-state index in [-0.39, 0.29) is 37.7 Å². The molecule has 1 heterocycles. The summed E-state index contributed by atoms with van der Waals surface area (Å²) >= 11 is 0. The van der Waals surface area contributed by atoms with Gasteiger partial charge in [0.1, 0.15) is 0 Å². The molecule has 0 aliphatic carbocycles. The fourth-order valence-electron chi connectivity index (χ4n) is 3.09. The van der Waals surface area contributed by atoms with E-state index in [1.807, 2.05) is 32.9 Å². The number of rotatable bonds is 7. The Morgan fingerprint density at radius 3 is 2.32 bits per heavy atom. The van der Waals surface area contributed by atoms with Crippen LogP contribution < -0.4 is 5.32 Å². The molecule has 1 fully saturated rings. The Bertz CT molecular complexity index is 813. The first-order valence-corrected chi connectivity index (χ1v) is 11.2. The Hall–Kier alpha value is -1.93. The molecular formula is C20H31N3O4S. The normalized spacial score (nSPS) is 15.7. The molecule has 0 unspecified atom stereocenters. The monoisotopic (exact) mass is 409 g/mol. The van der Waals surface area contributed by atoms with E-state index in [1.165, 1.54) is 4.31 Å². The lowest BCUT2D eigenvalue weighted by Crippen LogP contribution is -2.50. The van der Waals surface area contributed by atoms with E-state index < -0.39 is 10.0 Å². The molecule has 2 rings (SSSR count). The number of piperazine rings is 1. The van der Waals surface area contributed by atoms with Crippen LogP contribution in [0.2, 0.25) is 0 Å². The van der Waals surface area contributed by atoms with Crippen LogP contribution in [0.4, 0.5) is 0 Å². The zero-order valence-electron chi connectivity index (χ0n) is 17.2. The minimum atomic E-state index is -3.57. The average molecular weight is 410 g/mol. The summed E-state index contributed by atoms with van der Waals surface area (Å²) in [7, 11) is -3.57. The van der Waals surface area contributed by atoms with Crippen LogP contribution in [-0.4, -0.2) is 62.2 Å². The number of nitrogens with one attached hydrogen (secondary N) is 1. The van der Waals surface area contributed by atoms with Gasteiger partial charge in [-0.05, 0) is 37.0 Å². The first kappa shape index (κ1) is 22.4. The van der Waals surface area contributed by atoms with Crippen molar-refractivity contribution in [2.75, 3.05) is 32.7 Å². The zero-order chi connectivity index (χ0) is 20.9. The predicted molar refractivity (Wildman–Crippen MR) is 108 cm³/mol. The van der Waals surface area contributed by atoms with Crippen molar-refractivity contribution < 1.29 is 18.0 Å². The maximum Gasteiger partial charge on any atom is 0.243 e. The van der Waals surface area contributed by atoms with Gasteiger partial charge in [0.05, 0.1) is 4.90 Å². The SMILES string of the molecule is Cc1ccc(C)c(S(=O)(=O)N2CCN(C(=O)CCC(=O)NCC(C)C)CC2)c1. The van der Waals surface area contributed by atoms with Crippen LogP contribution in [0.5, 0.6) is 0 Å². The number of benzene rings is 1. The number of aryl methyl sites for hydroxylation is 2. The summed E-state index contributed by atoms with van der Waals surface area (Å²) in [6.45, 7) is 9.49. The highest BCUT2D eigenvalue weighted by Gasteiger charge is 2.31. The van der Waals surface area contributed by atoms with Crippen molar-refractivity contribution >= 4 is 21.8 Å². The highest BCUT2D eigenvalue weighted by atomic mass is 32.2. The molecule has 7 nitrogen and oxygen atoms in total. The Balaban J connectivity index is 1.89. The van der Waals surface area contributed by atoms with Crippen LogP contribution in [0.3, 0.4) is 0 Å². The molecule has 8 heteroatoms. The van der Waals surface area contributed by atoms with Crippen molar-refractivity contribution in [3.05, 3.63) is 29.3 Å². The molecule has 0 bridgehead atoms. The van der Waals surface area contributed by atoms with Gasteiger partial charge in [0.25, 0.3) is 0 Å². The third-order valence-electron chi connectivity index (χ3n) is 4.83. The molecule has 1 aromatic carbocycles. The Kier molecular flexibility index (Phi) is 7.60. The molecular weight excluding hydrogens is 378 g/mol. The van der Waals surface area contributed by atoms with Gasteiger partial charge in [0, 0.05) is 45.6 Å². The van der Waals surface area contributed by atoms with E-state index in [0.29, 0.717) is 30.4 Å². The number of carbonyl (C=O) groups is 2. The first-order valence-electron chi connectivity index (χ1n) is 9.73. The van der Waals surface area contributed by atoms with Crippen molar-refractivity contribution in [1.29, 1.82) is 0 Å². The fourth-order valence-corrected chi connectivity index (χ4v) is 4.82. The molecule has 0 aromatic heterocycles. The molecule has 1 aromatic rings. The Labute approximate surface area is 168 Å². The maximum atomic E-state index is 12.9. The number of carbonyl (C=O) groups excluding carboxylic acids is 2. The molecule has 0 radical (unpaired) electrons. The zero-order valence-corrected chi connectivity index (χ0v) is 18.0. The molecule has 2 amide bonds. The third kappa shape index (κ3) is 5.78. The molecule has 1 saturated heterocycles. The second-order valence-corrected chi connectivity index (χ2v) is 9.66. The van der Waals surface area contributed by atoms with Gasteiger partial charge in [-0.25, -0.2) is 8.42 Å². The third-order valence-corrected chi connectivity index (χ3v) is 6.87. The topological polar surface area (TPSA) is 86.8 Å². The van der Waals surface area contributed by atoms with E-state index in [2.05, 4.69) is 5.32 Å². The minimum absolute atomic E-state index is 0.108. The fraction of sp³-hybridized carbons (Fsp3) is 0.600. The smallest absolute Gasteiger partial charge is 0.243 e. The van der Waals surface area contributed by atoms with Gasteiger partial charge in [-0.3, -0.25) is 9.59 Å². The van der Waals surface area contributed by atoms with Gasteiger partial charge in [-0.15, -0.1) is 0 Å². The van der Waals surface area contributed by atoms with E-state index in [0.717, 1.165) is 11.1 Å². The molecule has 1 aliphatic rings. The van der Waals surface area contributed by atoms with Crippen LogP contribution in [0.25, 0.3) is 0 Å². The quantitative estimate of drug-likeness (QED) is 0.742. The predicted octanol–water partition coefficient (Wildman–Crippen LogP) is 1.69. The molecule has 0 spiro atoms. The number of nitrogens with zero attached hydrogens (tertiary/aromatic N) is 2. The molecule has 1 N–H and O–H groups in total. The van der Waals surface area contributed by atoms with E-state index >= 15 is 0 Å². The largest absolute Gasteiger partial charge is 0.356 e. The number of amides is 2. The Morgan fingerprint density at radius 1 is 1.07 bits per heavy atom. The molecule has 1 aliphatic heterocycles. The summed E-state index contributed by atoms with van der Waals surface area (Å²) < 4.78 is 27.3. The van der Waals surface area contributed by atoms with Crippen LogP contribution in [0.1, 0.15) is 37.8 Å². The van der Waals surface area contributed by atoms with Crippen molar-refractivity contribution in [3.63, 3.8) is 0 Å². The summed E-state index contributed by atoms with van der Waals surface area (Å²) in [6, 6.07) is 5.40. The summed E-state index contributed by atoms with van der Waals surface area (Å²) in [5.41, 5.74) is 1.62. The Morgan fingerprint density at radius 2 is 1.71 bits per heavy atom. The van der Waals surface area contributed by atoms with Crippen LogP contribution in [0, 0.1) is 19.8 Å². The molecule has 0 saturated carbocycles. The van der Waals surface area contributed by atoms with Gasteiger partial charge in [0.15, 0.2) is 0 Å². The highest BCUT2D eigenvalue weighted by Crippen LogP contribution is 2.22. The summed E-state index contributed by atoms with van der Waals surface area (Å²) in [5.74, 6) is 0.133. The molecule has 0 atom stereocenters. The van der Waals surface area contributed by atoms with Gasteiger partial charge < -0.3 is 10.2 Å². The summed E-state index contributed by atoms with van der Waals surface area (Å²) in [4.78, 5) is 26.1. The van der Waals surface area contributed by atoms with E-state index in [1.54, 1.807) is 17.9 Å². The average Bonchev–Trinajstić information content (AvgIpc) is 2.66. The van der Waals surface area contributed by atoms with Gasteiger partial charge >= 0.3 is 0 Å². The van der Waals surface area contributed by atoms with Crippen molar-refractivity contribution in [1.82, 2.24) is 14.5 Å². The maximum absolute atomic E-state index is 12.9. The van der Waals surface area contributed by atoms with Crippen LogP contribution >= 0.6 is 0 Å². The summed E-state index contributed by atoms with van der Waals surface area (Å²) in [6.07, 6.45) is 0.306. The second-order valence-electron chi connectivity index (χ2n) is 7.75. The van der Waals surface area contributed by atoms with E-state index in [4.69, 9.17) is 0 Å². The first-order chi connectivity index (χ1) is 13.1. The van der Waals surface area contributed by atoms with Crippen LogP contribution in [-0.2, 0) is 19.6 Å². The lowest BCUT2D eigenvalue weighted by atomic mass is 10.2. The van der Waals surface area contributed by atoms with Gasteiger partial charge in [0.2, 0.25) is 21.8 Å². The van der Waals surface area contributed by atoms with Crippen LogP contribution in [0.15, 0.2) is 23.1 Å². The van der Waals surface area contributed by atoms with Crippen molar-refractivity contribution in [2.45, 2.75) is 45.4 Å². The van der Waals surface area contributed by atoms with E-state index in [9.17, 15) is 18.0 Å². The van der Waals surface area contributed by atoms with Gasteiger partial charge in [-0.1, -0.05) is 26.0 Å². The van der Waals surface area contributed by atoms with Gasteiger partial charge in [-0.2, -0.15) is 4.31 Å². The molecule has 156 valence electrons. The molecule has 28 heavy (non-hydrogen) atoms. The number of hydrogen-bond acceptors (Lipinski definition) is 4.